The largest absolute Gasteiger partial charge is 0.364 e. The topological polar surface area (TPSA) is 28.2 Å². The number of aryl methyl sites for hydroxylation is 1. The molecule has 4 rings (SSSR count). The number of aromatic nitrogens is 1. The monoisotopic (exact) mass is 221 g/mol. The summed E-state index contributed by atoms with van der Waals surface area (Å²) in [7, 11) is 0. The van der Waals surface area contributed by atoms with E-state index in [0.717, 1.165) is 18.8 Å². The maximum atomic E-state index is 13.1. The zero-order valence-corrected chi connectivity index (χ0v) is 9.41. The lowest BCUT2D eigenvalue weighted by Crippen LogP contribution is -2.61. The van der Waals surface area contributed by atoms with Gasteiger partial charge in [-0.25, -0.2) is 4.98 Å². The molecule has 3 saturated heterocycles. The van der Waals surface area contributed by atoms with E-state index in [1.807, 2.05) is 6.07 Å². The van der Waals surface area contributed by atoms with Gasteiger partial charge in [0.05, 0.1) is 11.9 Å². The minimum atomic E-state index is -0.357. The lowest BCUT2D eigenvalue weighted by atomic mass is 9.92. The summed E-state index contributed by atoms with van der Waals surface area (Å²) in [4.78, 5) is 6.17. The third-order valence-electron chi connectivity index (χ3n) is 3.68. The van der Waals surface area contributed by atoms with Crippen molar-refractivity contribution in [3.8, 4) is 0 Å². The molecule has 1 aromatic heterocycles. The molecule has 3 fully saturated rings. The molecule has 0 spiro atoms. The summed E-state index contributed by atoms with van der Waals surface area (Å²) in [5.74, 6) is -0.357. The highest BCUT2D eigenvalue weighted by atomic mass is 19.1. The van der Waals surface area contributed by atoms with Gasteiger partial charge in [-0.3, -0.25) is 0 Å². The minimum Gasteiger partial charge on any atom is -0.364 e. The molecule has 0 aromatic carbocycles. The van der Waals surface area contributed by atoms with Crippen molar-refractivity contribution in [2.24, 2.45) is 0 Å². The van der Waals surface area contributed by atoms with Crippen LogP contribution in [0.3, 0.4) is 0 Å². The van der Waals surface area contributed by atoms with Crippen molar-refractivity contribution < 1.29 is 4.39 Å². The number of fused-ring (bicyclic) bond motifs is 3. The fraction of sp³-hybridized carbons (Fsp3) is 0.583. The summed E-state index contributed by atoms with van der Waals surface area (Å²) in [5.41, 5.74) is 1.70. The van der Waals surface area contributed by atoms with Gasteiger partial charge in [0, 0.05) is 30.7 Å². The van der Waals surface area contributed by atoms with E-state index in [-0.39, 0.29) is 5.95 Å². The van der Waals surface area contributed by atoms with Gasteiger partial charge in [-0.05, 0) is 25.8 Å². The predicted molar refractivity (Wildman–Crippen MR) is 61.1 cm³/mol. The fourth-order valence-electron chi connectivity index (χ4n) is 2.73. The van der Waals surface area contributed by atoms with Crippen LogP contribution in [0.1, 0.15) is 18.4 Å². The molecule has 3 aliphatic rings. The first-order chi connectivity index (χ1) is 7.74. The van der Waals surface area contributed by atoms with E-state index in [9.17, 15) is 4.39 Å². The highest BCUT2D eigenvalue weighted by Crippen LogP contribution is 2.28. The molecule has 0 radical (unpaired) electrons. The van der Waals surface area contributed by atoms with E-state index in [1.54, 1.807) is 13.1 Å². The van der Waals surface area contributed by atoms with E-state index < -0.39 is 0 Å². The lowest BCUT2D eigenvalue weighted by Gasteiger charge is -2.47. The highest BCUT2D eigenvalue weighted by Gasteiger charge is 2.33. The third-order valence-corrected chi connectivity index (χ3v) is 3.68. The molecule has 4 heterocycles. The van der Waals surface area contributed by atoms with Crippen molar-refractivity contribution in [2.75, 3.05) is 18.0 Å². The van der Waals surface area contributed by atoms with Gasteiger partial charge in [0.15, 0.2) is 0 Å². The standard InChI is InChI=1S/C12H16FN3/c1-8-4-11(6-15-12(8)13)16-7-9-2-3-10(16)5-14-9/h4,6,9-10,14H,2-3,5,7H2,1H3/t9-,10+/m1/s1. The molecule has 1 N–H and O–H groups in total. The summed E-state index contributed by atoms with van der Waals surface area (Å²) < 4.78 is 13.1. The van der Waals surface area contributed by atoms with Crippen molar-refractivity contribution in [1.29, 1.82) is 0 Å². The Labute approximate surface area is 94.7 Å². The Balaban J connectivity index is 1.89. The summed E-state index contributed by atoms with van der Waals surface area (Å²) >= 11 is 0. The van der Waals surface area contributed by atoms with Gasteiger partial charge in [-0.15, -0.1) is 0 Å². The molecule has 0 unspecified atom stereocenters. The van der Waals surface area contributed by atoms with Crippen LogP contribution in [0.4, 0.5) is 10.1 Å². The molecule has 3 nitrogen and oxygen atoms in total. The number of piperazine rings is 1. The molecule has 0 amide bonds. The van der Waals surface area contributed by atoms with Gasteiger partial charge in [-0.1, -0.05) is 0 Å². The third kappa shape index (κ3) is 1.57. The Morgan fingerprint density at radius 3 is 2.94 bits per heavy atom. The minimum absolute atomic E-state index is 0.357. The van der Waals surface area contributed by atoms with Gasteiger partial charge in [0.25, 0.3) is 0 Å². The number of piperidine rings is 2. The second-order valence-corrected chi connectivity index (χ2v) is 4.79. The molecule has 4 heteroatoms. The van der Waals surface area contributed by atoms with E-state index in [4.69, 9.17) is 0 Å². The molecule has 86 valence electrons. The zero-order chi connectivity index (χ0) is 11.1. The van der Waals surface area contributed by atoms with Crippen LogP contribution in [-0.2, 0) is 0 Å². The number of hydrogen-bond donors (Lipinski definition) is 1. The molecular formula is C12H16FN3. The van der Waals surface area contributed by atoms with Crippen LogP contribution in [0.25, 0.3) is 0 Å². The van der Waals surface area contributed by atoms with Crippen molar-refractivity contribution >= 4 is 5.69 Å². The number of pyridine rings is 1. The van der Waals surface area contributed by atoms with Crippen molar-refractivity contribution in [1.82, 2.24) is 10.3 Å². The van der Waals surface area contributed by atoms with Crippen LogP contribution >= 0.6 is 0 Å². The molecule has 1 aromatic rings. The summed E-state index contributed by atoms with van der Waals surface area (Å²) in [6.07, 6.45) is 4.14. The Hall–Kier alpha value is -1.16. The molecule has 2 atom stereocenters. The van der Waals surface area contributed by atoms with Crippen LogP contribution in [-0.4, -0.2) is 30.2 Å². The van der Waals surface area contributed by atoms with Crippen LogP contribution < -0.4 is 10.2 Å². The molecule has 0 aliphatic carbocycles. The first kappa shape index (κ1) is 10.0. The molecule has 3 aliphatic heterocycles. The Bertz CT molecular complexity index is 399. The second-order valence-electron chi connectivity index (χ2n) is 4.79. The van der Waals surface area contributed by atoms with Gasteiger partial charge >= 0.3 is 0 Å². The predicted octanol–water partition coefficient (Wildman–Crippen LogP) is 1.47. The number of hydrogen-bond acceptors (Lipinski definition) is 3. The van der Waals surface area contributed by atoms with Crippen LogP contribution in [0, 0.1) is 12.9 Å². The Morgan fingerprint density at radius 1 is 1.50 bits per heavy atom. The highest BCUT2D eigenvalue weighted by molar-refractivity contribution is 5.48. The number of halogens is 1. The average molecular weight is 221 g/mol. The van der Waals surface area contributed by atoms with Crippen LogP contribution in [0.15, 0.2) is 12.3 Å². The summed E-state index contributed by atoms with van der Waals surface area (Å²) in [6, 6.07) is 3.05. The van der Waals surface area contributed by atoms with Crippen LogP contribution in [0.2, 0.25) is 0 Å². The smallest absolute Gasteiger partial charge is 0.215 e. The Kier molecular flexibility index (Phi) is 2.32. The molecule has 0 saturated carbocycles. The summed E-state index contributed by atoms with van der Waals surface area (Å²) in [5, 5.41) is 3.51. The SMILES string of the molecule is Cc1cc(N2C[C@H]3CC[C@H]2CN3)cnc1F. The zero-order valence-electron chi connectivity index (χ0n) is 9.41. The van der Waals surface area contributed by atoms with Gasteiger partial charge in [0.1, 0.15) is 0 Å². The average Bonchev–Trinajstić information content (AvgIpc) is 2.34. The number of rotatable bonds is 1. The first-order valence-electron chi connectivity index (χ1n) is 5.86. The number of nitrogens with one attached hydrogen (secondary N) is 1. The quantitative estimate of drug-likeness (QED) is 0.728. The summed E-state index contributed by atoms with van der Waals surface area (Å²) in [6.45, 7) is 3.84. The normalized spacial score (nSPS) is 28.5. The Morgan fingerprint density at radius 2 is 2.38 bits per heavy atom. The molecule has 16 heavy (non-hydrogen) atoms. The van der Waals surface area contributed by atoms with Gasteiger partial charge < -0.3 is 10.2 Å². The van der Waals surface area contributed by atoms with Crippen LogP contribution in [0.5, 0.6) is 0 Å². The maximum absolute atomic E-state index is 13.1. The maximum Gasteiger partial charge on any atom is 0.215 e. The second kappa shape index (κ2) is 3.70. The van der Waals surface area contributed by atoms with Gasteiger partial charge in [-0.2, -0.15) is 4.39 Å². The fourth-order valence-corrected chi connectivity index (χ4v) is 2.73. The van der Waals surface area contributed by atoms with Crippen molar-refractivity contribution in [3.05, 3.63) is 23.8 Å². The van der Waals surface area contributed by atoms with E-state index in [1.165, 1.54) is 12.8 Å². The lowest BCUT2D eigenvalue weighted by molar-refractivity contribution is 0.290. The molecule has 2 bridgehead atoms. The van der Waals surface area contributed by atoms with E-state index in [2.05, 4.69) is 15.2 Å². The van der Waals surface area contributed by atoms with Crippen molar-refractivity contribution in [2.45, 2.75) is 31.8 Å². The number of nitrogens with zero attached hydrogens (tertiary/aromatic N) is 2. The van der Waals surface area contributed by atoms with Crippen molar-refractivity contribution in [3.63, 3.8) is 0 Å². The number of anilines is 1. The molecular weight excluding hydrogens is 205 g/mol. The first-order valence-corrected chi connectivity index (χ1v) is 5.86. The van der Waals surface area contributed by atoms with E-state index in [0.29, 0.717) is 17.6 Å². The van der Waals surface area contributed by atoms with E-state index >= 15 is 0 Å². The van der Waals surface area contributed by atoms with Gasteiger partial charge in [0.2, 0.25) is 5.95 Å².